The minimum absolute atomic E-state index is 0.620. The van der Waals surface area contributed by atoms with Gasteiger partial charge in [-0.1, -0.05) is 17.4 Å². The van der Waals surface area contributed by atoms with E-state index in [0.717, 1.165) is 0 Å². The second kappa shape index (κ2) is 1.31. The van der Waals surface area contributed by atoms with Crippen LogP contribution in [0.15, 0.2) is 11.8 Å². The maximum atomic E-state index is 2.33. The van der Waals surface area contributed by atoms with Crippen molar-refractivity contribution in [2.24, 2.45) is 0 Å². The van der Waals surface area contributed by atoms with Crippen LogP contribution in [0.1, 0.15) is 6.42 Å². The van der Waals surface area contributed by atoms with Crippen LogP contribution in [-0.4, -0.2) is 14.8 Å². The zero-order valence-corrected chi connectivity index (χ0v) is 4.17. The molecule has 0 bridgehead atoms. The maximum absolute atomic E-state index is 2.33. The van der Waals surface area contributed by atoms with E-state index in [1.54, 1.807) is 0 Å². The predicted octanol–water partition coefficient (Wildman–Crippen LogP) is 0.142. The van der Waals surface area contributed by atoms with Gasteiger partial charge in [0.05, 0.1) is 0 Å². The molecule has 1 rings (SSSR count). The van der Waals surface area contributed by atoms with Crippen LogP contribution in [0.25, 0.3) is 0 Å². The minimum Gasteiger partial charge on any atom is -0.0989 e. The molecule has 0 spiro atoms. The highest BCUT2D eigenvalue weighted by atomic mass is 28.2. The van der Waals surface area contributed by atoms with Crippen molar-refractivity contribution in [1.82, 2.24) is 0 Å². The molecule has 0 aromatic heterocycles. The first-order valence-corrected chi connectivity index (χ1v) is 3.15. The lowest BCUT2D eigenvalue weighted by Crippen LogP contribution is -1.62. The smallest absolute Gasteiger partial charge is 0.0155 e. The highest BCUT2D eigenvalue weighted by Gasteiger charge is 1.72. The normalized spacial score (nSPS) is 17.6. The van der Waals surface area contributed by atoms with E-state index >= 15 is 0 Å². The third kappa shape index (κ3) is 0.548. The molecule has 1 heteroatoms. The SMILES string of the molecule is C1=C[SiH]=CC1. The lowest BCUT2D eigenvalue weighted by molar-refractivity contribution is 1.60. The largest absolute Gasteiger partial charge is 0.0989 e. The molecule has 0 aromatic carbocycles. The molecule has 1 aliphatic heterocycles. The summed E-state index contributed by atoms with van der Waals surface area (Å²) in [6.45, 7) is 0. The van der Waals surface area contributed by atoms with Gasteiger partial charge in [0, 0.05) is 9.13 Å². The highest BCUT2D eigenvalue weighted by Crippen LogP contribution is 1.78. The molecule has 1 heterocycles. The van der Waals surface area contributed by atoms with Gasteiger partial charge in [0.15, 0.2) is 0 Å². The topological polar surface area (TPSA) is 0 Å². The van der Waals surface area contributed by atoms with Gasteiger partial charge >= 0.3 is 0 Å². The first kappa shape index (κ1) is 3.03. The van der Waals surface area contributed by atoms with Gasteiger partial charge in [0.25, 0.3) is 0 Å². The van der Waals surface area contributed by atoms with E-state index in [0.29, 0.717) is 9.13 Å². The lowest BCUT2D eigenvalue weighted by atomic mass is 10.5. The van der Waals surface area contributed by atoms with Crippen molar-refractivity contribution in [3.05, 3.63) is 11.8 Å². The molecule has 0 saturated carbocycles. The van der Waals surface area contributed by atoms with E-state index < -0.39 is 0 Å². The van der Waals surface area contributed by atoms with E-state index in [1.165, 1.54) is 6.42 Å². The summed E-state index contributed by atoms with van der Waals surface area (Å²) in [5, 5.41) is 0. The second-order valence-electron chi connectivity index (χ2n) is 1.09. The summed E-state index contributed by atoms with van der Waals surface area (Å²) in [5.74, 6) is 0. The van der Waals surface area contributed by atoms with Crippen molar-refractivity contribution < 1.29 is 0 Å². The predicted molar refractivity (Wildman–Crippen MR) is 27.0 cm³/mol. The molecule has 0 aliphatic carbocycles. The first-order chi connectivity index (χ1) is 2.50. The fourth-order valence-electron chi connectivity index (χ4n) is 0.393. The van der Waals surface area contributed by atoms with E-state index in [9.17, 15) is 0 Å². The van der Waals surface area contributed by atoms with E-state index in [-0.39, 0.29) is 0 Å². The monoisotopic (exact) mass is 82.0 g/mol. The molecule has 0 amide bonds. The Morgan fingerprint density at radius 2 is 2.60 bits per heavy atom. The van der Waals surface area contributed by atoms with Crippen molar-refractivity contribution in [2.45, 2.75) is 6.42 Å². The summed E-state index contributed by atoms with van der Waals surface area (Å²) in [6.07, 6.45) is 3.45. The van der Waals surface area contributed by atoms with Crippen molar-refractivity contribution >= 4 is 14.8 Å². The number of rotatable bonds is 0. The van der Waals surface area contributed by atoms with Crippen molar-refractivity contribution in [2.75, 3.05) is 0 Å². The quantitative estimate of drug-likeness (QED) is 0.365. The van der Waals surface area contributed by atoms with Crippen molar-refractivity contribution in [3.8, 4) is 0 Å². The van der Waals surface area contributed by atoms with Gasteiger partial charge in [0.1, 0.15) is 0 Å². The molecule has 0 radical (unpaired) electrons. The third-order valence-electron chi connectivity index (χ3n) is 0.655. The van der Waals surface area contributed by atoms with Crippen LogP contribution in [0.3, 0.4) is 0 Å². The Kier molecular flexibility index (Phi) is 0.796. The average molecular weight is 82.2 g/mol. The van der Waals surface area contributed by atoms with Gasteiger partial charge in [0.2, 0.25) is 0 Å². The standard InChI is InChI=1S/C4H6Si/c1-2-4-5-3-1/h1,3-5H,2H2. The Labute approximate surface area is 34.0 Å². The molecule has 0 aromatic rings. The Morgan fingerprint density at radius 1 is 1.60 bits per heavy atom. The van der Waals surface area contributed by atoms with Crippen LogP contribution in [0, 0.1) is 0 Å². The molecule has 0 fully saturated rings. The van der Waals surface area contributed by atoms with Crippen LogP contribution < -0.4 is 0 Å². The zero-order chi connectivity index (χ0) is 3.54. The number of allylic oxidation sites excluding steroid dienone is 1. The molecule has 0 nitrogen and oxygen atoms in total. The molecular weight excluding hydrogens is 76.1 g/mol. The summed E-state index contributed by atoms with van der Waals surface area (Å²) < 4.78 is 0. The highest BCUT2D eigenvalue weighted by molar-refractivity contribution is 6.53. The number of hydrogen-bond donors (Lipinski definition) is 0. The maximum Gasteiger partial charge on any atom is 0.0155 e. The Morgan fingerprint density at radius 3 is 2.80 bits per heavy atom. The van der Waals surface area contributed by atoms with E-state index in [2.05, 4.69) is 17.4 Å². The van der Waals surface area contributed by atoms with E-state index in [1.807, 2.05) is 0 Å². The Balaban J connectivity index is 2.61. The molecular formula is C4H6Si. The Bertz CT molecular complexity index is 61.7. The van der Waals surface area contributed by atoms with Crippen LogP contribution in [0.4, 0.5) is 0 Å². The molecule has 0 unspecified atom stereocenters. The molecule has 26 valence electrons. The molecule has 5 heavy (non-hydrogen) atoms. The molecule has 0 saturated heterocycles. The first-order valence-electron chi connectivity index (χ1n) is 1.82. The zero-order valence-electron chi connectivity index (χ0n) is 3.02. The lowest BCUT2D eigenvalue weighted by Gasteiger charge is -1.58. The van der Waals surface area contributed by atoms with Crippen LogP contribution in [0.2, 0.25) is 0 Å². The second-order valence-corrected chi connectivity index (χ2v) is 2.33. The van der Waals surface area contributed by atoms with Gasteiger partial charge in [-0.15, -0.1) is 0 Å². The van der Waals surface area contributed by atoms with Crippen molar-refractivity contribution in [3.63, 3.8) is 0 Å². The fraction of sp³-hybridized carbons (Fsp3) is 0.250. The van der Waals surface area contributed by atoms with Crippen LogP contribution >= 0.6 is 0 Å². The molecule has 1 aliphatic rings. The third-order valence-corrected chi connectivity index (χ3v) is 1.69. The fourth-order valence-corrected chi connectivity index (χ4v) is 1.18. The minimum atomic E-state index is 0.620. The van der Waals surface area contributed by atoms with Crippen molar-refractivity contribution in [1.29, 1.82) is 0 Å². The molecule has 0 N–H and O–H groups in total. The van der Waals surface area contributed by atoms with Gasteiger partial charge < -0.3 is 0 Å². The average Bonchev–Trinajstić information content (AvgIpc) is 1.76. The van der Waals surface area contributed by atoms with Gasteiger partial charge in [-0.25, -0.2) is 0 Å². The van der Waals surface area contributed by atoms with Crippen LogP contribution in [-0.2, 0) is 0 Å². The summed E-state index contributed by atoms with van der Waals surface area (Å²) >= 11 is 0. The summed E-state index contributed by atoms with van der Waals surface area (Å²) in [4.78, 5) is 0. The van der Waals surface area contributed by atoms with Crippen LogP contribution in [0.5, 0.6) is 0 Å². The summed E-state index contributed by atoms with van der Waals surface area (Å²) in [6, 6.07) is 0. The molecule has 0 atom stereocenters. The summed E-state index contributed by atoms with van der Waals surface area (Å²) in [5.41, 5.74) is 4.60. The van der Waals surface area contributed by atoms with Gasteiger partial charge in [-0.05, 0) is 6.42 Å². The van der Waals surface area contributed by atoms with Gasteiger partial charge in [-0.3, -0.25) is 0 Å². The Hall–Kier alpha value is -0.173. The van der Waals surface area contributed by atoms with Gasteiger partial charge in [-0.2, -0.15) is 0 Å². The number of hydrogen-bond acceptors (Lipinski definition) is 0. The summed E-state index contributed by atoms with van der Waals surface area (Å²) in [7, 11) is 0.620. The van der Waals surface area contributed by atoms with E-state index in [4.69, 9.17) is 0 Å².